The van der Waals surface area contributed by atoms with Gasteiger partial charge in [0.2, 0.25) is 5.91 Å². The molecule has 0 aliphatic heterocycles. The summed E-state index contributed by atoms with van der Waals surface area (Å²) < 4.78 is 45.0. The number of fused-ring (bicyclic) bond motifs is 1. The van der Waals surface area contributed by atoms with E-state index in [1.54, 1.807) is 12.1 Å². The Morgan fingerprint density at radius 2 is 2.04 bits per heavy atom. The Balaban J connectivity index is 2.37. The van der Waals surface area contributed by atoms with Crippen molar-refractivity contribution in [3.63, 3.8) is 0 Å². The van der Waals surface area contributed by atoms with E-state index in [0.717, 1.165) is 6.20 Å². The Morgan fingerprint density at radius 1 is 1.33 bits per heavy atom. The van der Waals surface area contributed by atoms with Crippen molar-refractivity contribution in [2.75, 3.05) is 20.3 Å². The van der Waals surface area contributed by atoms with E-state index in [2.05, 4.69) is 21.2 Å². The van der Waals surface area contributed by atoms with E-state index >= 15 is 0 Å². The van der Waals surface area contributed by atoms with E-state index in [0.29, 0.717) is 16.6 Å². The van der Waals surface area contributed by atoms with Gasteiger partial charge in [-0.2, -0.15) is 13.2 Å². The average Bonchev–Trinajstić information content (AvgIpc) is 2.83. The predicted octanol–water partition coefficient (Wildman–Crippen LogP) is 2.91. The smallest absolute Gasteiger partial charge is 0.383 e. The van der Waals surface area contributed by atoms with E-state index in [4.69, 9.17) is 4.74 Å². The quantitative estimate of drug-likeness (QED) is 0.592. The second-order valence-corrected chi connectivity index (χ2v) is 5.92. The summed E-state index contributed by atoms with van der Waals surface area (Å²) in [5.74, 6) is -2.33. The van der Waals surface area contributed by atoms with Crippen LogP contribution < -0.4 is 5.32 Å². The van der Waals surface area contributed by atoms with Crippen LogP contribution in [0, 0.1) is 0 Å². The van der Waals surface area contributed by atoms with E-state index in [1.165, 1.54) is 17.7 Å². The Hall–Kier alpha value is -1.87. The van der Waals surface area contributed by atoms with Crippen LogP contribution in [0.25, 0.3) is 10.9 Å². The van der Waals surface area contributed by atoms with Gasteiger partial charge in [0.1, 0.15) is 6.54 Å². The van der Waals surface area contributed by atoms with E-state index in [9.17, 15) is 22.8 Å². The highest BCUT2D eigenvalue weighted by Gasteiger charge is 2.40. The molecule has 0 aliphatic rings. The van der Waals surface area contributed by atoms with Crippen molar-refractivity contribution in [2.45, 2.75) is 12.7 Å². The van der Waals surface area contributed by atoms with Crippen LogP contribution in [0.15, 0.2) is 28.9 Å². The van der Waals surface area contributed by atoms with Gasteiger partial charge in [0.05, 0.1) is 12.2 Å². The number of aromatic nitrogens is 1. The molecule has 0 bridgehead atoms. The van der Waals surface area contributed by atoms with Crippen molar-refractivity contribution in [1.82, 2.24) is 9.88 Å². The summed E-state index contributed by atoms with van der Waals surface area (Å²) in [5.41, 5.74) is -0.115. The summed E-state index contributed by atoms with van der Waals surface area (Å²) in [6, 6.07) is 4.60. The number of halogens is 4. The van der Waals surface area contributed by atoms with Gasteiger partial charge in [0.15, 0.2) is 0 Å². The Labute approximate surface area is 143 Å². The molecule has 0 saturated heterocycles. The summed E-state index contributed by atoms with van der Waals surface area (Å²) in [6.45, 7) is 0.407. The minimum atomic E-state index is -4.98. The SMILES string of the molecule is COCCNC(=O)Cn1cc(C(=O)C(F)(F)F)c2cc(Br)ccc21. The van der Waals surface area contributed by atoms with Gasteiger partial charge < -0.3 is 14.6 Å². The maximum absolute atomic E-state index is 12.8. The normalized spacial score (nSPS) is 11.7. The van der Waals surface area contributed by atoms with Gasteiger partial charge in [-0.3, -0.25) is 9.59 Å². The van der Waals surface area contributed by atoms with Crippen molar-refractivity contribution < 1.29 is 27.5 Å². The molecule has 2 rings (SSSR count). The minimum absolute atomic E-state index is 0.136. The number of carbonyl (C=O) groups is 2. The number of ether oxygens (including phenoxy) is 1. The van der Waals surface area contributed by atoms with Crippen molar-refractivity contribution in [2.24, 2.45) is 0 Å². The number of ketones is 1. The molecule has 0 radical (unpaired) electrons. The first-order valence-corrected chi connectivity index (χ1v) is 7.69. The monoisotopic (exact) mass is 406 g/mol. The number of benzene rings is 1. The molecule has 130 valence electrons. The molecule has 5 nitrogen and oxygen atoms in total. The number of amides is 1. The topological polar surface area (TPSA) is 60.3 Å². The third-order valence-corrected chi connectivity index (χ3v) is 3.78. The van der Waals surface area contributed by atoms with Crippen molar-refractivity contribution in [3.05, 3.63) is 34.4 Å². The summed E-state index contributed by atoms with van der Waals surface area (Å²) >= 11 is 3.17. The third-order valence-electron chi connectivity index (χ3n) is 3.29. The predicted molar refractivity (Wildman–Crippen MR) is 84.9 cm³/mol. The fraction of sp³-hybridized carbons (Fsp3) is 0.333. The molecule has 0 unspecified atom stereocenters. The van der Waals surface area contributed by atoms with Gasteiger partial charge >= 0.3 is 6.18 Å². The zero-order chi connectivity index (χ0) is 17.9. The minimum Gasteiger partial charge on any atom is -0.383 e. The number of Topliss-reactive ketones (excluding diaryl/α,β-unsaturated/α-hetero) is 1. The zero-order valence-electron chi connectivity index (χ0n) is 12.6. The fourth-order valence-electron chi connectivity index (χ4n) is 2.24. The van der Waals surface area contributed by atoms with Gasteiger partial charge in [0, 0.05) is 35.2 Å². The maximum Gasteiger partial charge on any atom is 0.454 e. The fourth-order valence-corrected chi connectivity index (χ4v) is 2.60. The molecule has 0 spiro atoms. The number of hydrogen-bond donors (Lipinski definition) is 1. The molecule has 1 aromatic carbocycles. The number of carbonyl (C=O) groups excluding carboxylic acids is 2. The number of methoxy groups -OCH3 is 1. The Kier molecular flexibility index (Phi) is 5.66. The third kappa shape index (κ3) is 4.15. The van der Waals surface area contributed by atoms with Crippen LogP contribution in [0.1, 0.15) is 10.4 Å². The molecule has 1 aromatic heterocycles. The Bertz CT molecular complexity index is 771. The van der Waals surface area contributed by atoms with Gasteiger partial charge in [-0.05, 0) is 18.2 Å². The molecular weight excluding hydrogens is 393 g/mol. The van der Waals surface area contributed by atoms with Crippen LogP contribution in [0.2, 0.25) is 0 Å². The second kappa shape index (κ2) is 7.35. The lowest BCUT2D eigenvalue weighted by Crippen LogP contribution is -2.30. The molecular formula is C15H14BrF3N2O3. The molecule has 0 saturated carbocycles. The van der Waals surface area contributed by atoms with Crippen LogP contribution in [0.5, 0.6) is 0 Å². The van der Waals surface area contributed by atoms with Gasteiger partial charge in [-0.1, -0.05) is 15.9 Å². The number of rotatable bonds is 6. The molecule has 1 amide bonds. The Morgan fingerprint density at radius 3 is 2.67 bits per heavy atom. The van der Waals surface area contributed by atoms with Gasteiger partial charge in [-0.25, -0.2) is 0 Å². The average molecular weight is 407 g/mol. The standard InChI is InChI=1S/C15H14BrF3N2O3/c1-24-5-4-20-13(22)8-21-7-11(14(23)15(17,18)19)10-6-9(16)2-3-12(10)21/h2-3,6-7H,4-5,8H2,1H3,(H,20,22). The van der Waals surface area contributed by atoms with Crippen LogP contribution in [-0.2, 0) is 16.1 Å². The number of alkyl halides is 3. The molecule has 0 aliphatic carbocycles. The van der Waals surface area contributed by atoms with Crippen LogP contribution >= 0.6 is 15.9 Å². The van der Waals surface area contributed by atoms with Crippen molar-refractivity contribution in [3.8, 4) is 0 Å². The van der Waals surface area contributed by atoms with Crippen LogP contribution in [0.3, 0.4) is 0 Å². The first-order valence-electron chi connectivity index (χ1n) is 6.89. The number of nitrogens with one attached hydrogen (secondary N) is 1. The first-order chi connectivity index (χ1) is 11.2. The molecule has 0 atom stereocenters. The molecule has 0 fully saturated rings. The second-order valence-electron chi connectivity index (χ2n) is 5.00. The highest BCUT2D eigenvalue weighted by Crippen LogP contribution is 2.30. The summed E-state index contributed by atoms with van der Waals surface area (Å²) in [5, 5.41) is 2.71. The molecule has 2 aromatic rings. The molecule has 1 N–H and O–H groups in total. The summed E-state index contributed by atoms with van der Waals surface area (Å²) in [4.78, 5) is 23.5. The lowest BCUT2D eigenvalue weighted by atomic mass is 10.1. The van der Waals surface area contributed by atoms with E-state index < -0.39 is 23.4 Å². The van der Waals surface area contributed by atoms with E-state index in [-0.39, 0.29) is 18.5 Å². The van der Waals surface area contributed by atoms with Crippen LogP contribution in [-0.4, -0.2) is 42.7 Å². The van der Waals surface area contributed by atoms with Gasteiger partial charge in [0.25, 0.3) is 5.78 Å². The highest BCUT2D eigenvalue weighted by atomic mass is 79.9. The number of nitrogens with zero attached hydrogens (tertiary/aromatic N) is 1. The van der Waals surface area contributed by atoms with Crippen LogP contribution in [0.4, 0.5) is 13.2 Å². The lowest BCUT2D eigenvalue weighted by molar-refractivity contribution is -0.121. The summed E-state index contributed by atoms with van der Waals surface area (Å²) in [7, 11) is 1.48. The number of hydrogen-bond acceptors (Lipinski definition) is 3. The summed E-state index contributed by atoms with van der Waals surface area (Å²) in [6.07, 6.45) is -3.93. The largest absolute Gasteiger partial charge is 0.454 e. The highest BCUT2D eigenvalue weighted by molar-refractivity contribution is 9.10. The molecule has 1 heterocycles. The first kappa shape index (κ1) is 18.5. The van der Waals surface area contributed by atoms with Crippen molar-refractivity contribution in [1.29, 1.82) is 0 Å². The maximum atomic E-state index is 12.8. The zero-order valence-corrected chi connectivity index (χ0v) is 14.2. The van der Waals surface area contributed by atoms with Gasteiger partial charge in [-0.15, -0.1) is 0 Å². The lowest BCUT2D eigenvalue weighted by Gasteiger charge is -2.07. The molecule has 9 heteroatoms. The van der Waals surface area contributed by atoms with Crippen molar-refractivity contribution >= 4 is 38.5 Å². The van der Waals surface area contributed by atoms with E-state index in [1.807, 2.05) is 0 Å². The molecule has 24 heavy (non-hydrogen) atoms.